The summed E-state index contributed by atoms with van der Waals surface area (Å²) >= 11 is 2.08. The summed E-state index contributed by atoms with van der Waals surface area (Å²) in [5.41, 5.74) is 0.254. The molecule has 4 nitrogen and oxygen atoms in total. The van der Waals surface area contributed by atoms with E-state index in [1.807, 2.05) is 0 Å². The second kappa shape index (κ2) is 8.56. The maximum atomic E-state index is 5.26. The molecule has 0 aromatic carbocycles. The van der Waals surface area contributed by atoms with Gasteiger partial charge in [0.2, 0.25) is 0 Å². The molecule has 2 rings (SSSR count). The van der Waals surface area contributed by atoms with Crippen molar-refractivity contribution < 1.29 is 4.74 Å². The van der Waals surface area contributed by atoms with E-state index in [4.69, 9.17) is 4.74 Å². The highest BCUT2D eigenvalue weighted by atomic mass is 127. The van der Waals surface area contributed by atoms with Crippen molar-refractivity contribution in [3.8, 4) is 0 Å². The molecule has 1 atom stereocenters. The van der Waals surface area contributed by atoms with Gasteiger partial charge in [-0.3, -0.25) is 4.99 Å². The van der Waals surface area contributed by atoms with Gasteiger partial charge in [0.15, 0.2) is 5.96 Å². The van der Waals surface area contributed by atoms with E-state index in [0.717, 1.165) is 44.1 Å². The summed E-state index contributed by atoms with van der Waals surface area (Å²) in [6.07, 6.45) is 2.70. The zero-order valence-corrected chi connectivity index (χ0v) is 15.1. The van der Waals surface area contributed by atoms with Gasteiger partial charge in [-0.15, -0.1) is 24.0 Å². The first kappa shape index (κ1) is 17.4. The number of thioether (sulfide) groups is 1. The Bertz CT molecular complexity index is 292. The lowest BCUT2D eigenvalue weighted by molar-refractivity contribution is -0.0945. The van der Waals surface area contributed by atoms with Gasteiger partial charge in [0.25, 0.3) is 0 Å². The van der Waals surface area contributed by atoms with Crippen LogP contribution in [0.15, 0.2) is 4.99 Å². The monoisotopic (exact) mass is 399 g/mol. The molecular formula is C13H26IN3OS. The van der Waals surface area contributed by atoms with Gasteiger partial charge in [0.1, 0.15) is 0 Å². The fourth-order valence-electron chi connectivity index (χ4n) is 2.17. The SMILES string of the molecule is CCNC(=NCC1(C)COC1)NCC1CCCS1.I. The molecule has 19 heavy (non-hydrogen) atoms. The molecule has 2 fully saturated rings. The summed E-state index contributed by atoms with van der Waals surface area (Å²) in [5, 5.41) is 7.54. The predicted octanol–water partition coefficient (Wildman–Crippen LogP) is 2.09. The smallest absolute Gasteiger partial charge is 0.191 e. The molecule has 0 aliphatic carbocycles. The first-order valence-electron chi connectivity index (χ1n) is 6.93. The highest BCUT2D eigenvalue weighted by Crippen LogP contribution is 2.27. The molecule has 112 valence electrons. The first-order chi connectivity index (χ1) is 8.72. The molecule has 2 heterocycles. The quantitative estimate of drug-likeness (QED) is 0.422. The van der Waals surface area contributed by atoms with E-state index in [9.17, 15) is 0 Å². The third kappa shape index (κ3) is 5.67. The number of guanidine groups is 1. The lowest BCUT2D eigenvalue weighted by atomic mass is 9.89. The maximum Gasteiger partial charge on any atom is 0.191 e. The van der Waals surface area contributed by atoms with Gasteiger partial charge in [-0.05, 0) is 25.5 Å². The summed E-state index contributed by atoms with van der Waals surface area (Å²) in [6.45, 7) is 8.82. The summed E-state index contributed by atoms with van der Waals surface area (Å²) in [4.78, 5) is 4.67. The van der Waals surface area contributed by atoms with Crippen molar-refractivity contribution in [3.05, 3.63) is 0 Å². The summed E-state index contributed by atoms with van der Waals surface area (Å²) in [5.74, 6) is 2.27. The zero-order valence-electron chi connectivity index (χ0n) is 11.9. The van der Waals surface area contributed by atoms with Crippen molar-refractivity contribution in [2.45, 2.75) is 31.9 Å². The van der Waals surface area contributed by atoms with Crippen molar-refractivity contribution >= 4 is 41.7 Å². The Morgan fingerprint density at radius 2 is 2.21 bits per heavy atom. The normalized spacial score (nSPS) is 25.4. The molecular weight excluding hydrogens is 373 g/mol. The van der Waals surface area contributed by atoms with E-state index < -0.39 is 0 Å². The van der Waals surface area contributed by atoms with Crippen molar-refractivity contribution in [1.82, 2.24) is 10.6 Å². The lowest BCUT2D eigenvalue weighted by Gasteiger charge is -2.36. The van der Waals surface area contributed by atoms with Gasteiger partial charge in [-0.25, -0.2) is 0 Å². The summed E-state index contributed by atoms with van der Waals surface area (Å²) < 4.78 is 5.26. The molecule has 0 bridgehead atoms. The minimum Gasteiger partial charge on any atom is -0.380 e. The van der Waals surface area contributed by atoms with E-state index in [-0.39, 0.29) is 29.4 Å². The molecule has 0 amide bonds. The Kier molecular flexibility index (Phi) is 7.83. The van der Waals surface area contributed by atoms with Crippen molar-refractivity contribution in [3.63, 3.8) is 0 Å². The largest absolute Gasteiger partial charge is 0.380 e. The van der Waals surface area contributed by atoms with E-state index in [1.54, 1.807) is 0 Å². The first-order valence-corrected chi connectivity index (χ1v) is 7.98. The van der Waals surface area contributed by atoms with Gasteiger partial charge in [-0.2, -0.15) is 11.8 Å². The van der Waals surface area contributed by atoms with E-state index in [1.165, 1.54) is 18.6 Å². The molecule has 6 heteroatoms. The molecule has 0 spiro atoms. The number of hydrogen-bond donors (Lipinski definition) is 2. The van der Waals surface area contributed by atoms with Crippen LogP contribution in [0.2, 0.25) is 0 Å². The molecule has 2 N–H and O–H groups in total. The van der Waals surface area contributed by atoms with Crippen LogP contribution < -0.4 is 10.6 Å². The van der Waals surface area contributed by atoms with Crippen molar-refractivity contribution in [1.29, 1.82) is 0 Å². The molecule has 2 aliphatic rings. The number of halogens is 1. The third-order valence-electron chi connectivity index (χ3n) is 3.39. The van der Waals surface area contributed by atoms with Crippen LogP contribution in [0.4, 0.5) is 0 Å². The van der Waals surface area contributed by atoms with Crippen LogP contribution >= 0.6 is 35.7 Å². The summed E-state index contributed by atoms with van der Waals surface area (Å²) in [6, 6.07) is 0. The molecule has 2 aliphatic heterocycles. The number of rotatable bonds is 5. The second-order valence-corrected chi connectivity index (χ2v) is 6.92. The Morgan fingerprint density at radius 3 is 2.74 bits per heavy atom. The predicted molar refractivity (Wildman–Crippen MR) is 93.8 cm³/mol. The zero-order chi connectivity index (χ0) is 12.8. The van der Waals surface area contributed by atoms with Crippen LogP contribution in [0.3, 0.4) is 0 Å². The highest BCUT2D eigenvalue weighted by Gasteiger charge is 2.33. The average molecular weight is 399 g/mol. The number of nitrogens with zero attached hydrogens (tertiary/aromatic N) is 1. The average Bonchev–Trinajstić information content (AvgIpc) is 2.83. The van der Waals surface area contributed by atoms with Gasteiger partial charge in [0.05, 0.1) is 19.8 Å². The number of ether oxygens (including phenoxy) is 1. The number of nitrogens with one attached hydrogen (secondary N) is 2. The Labute approximate surface area is 137 Å². The molecule has 0 aromatic heterocycles. The van der Waals surface area contributed by atoms with Crippen LogP contribution in [-0.2, 0) is 4.74 Å². The van der Waals surface area contributed by atoms with Crippen LogP contribution in [0, 0.1) is 5.41 Å². The van der Waals surface area contributed by atoms with Crippen molar-refractivity contribution in [2.24, 2.45) is 10.4 Å². The molecule has 0 aromatic rings. The third-order valence-corrected chi connectivity index (χ3v) is 4.78. The minimum absolute atomic E-state index is 0. The topological polar surface area (TPSA) is 45.7 Å². The van der Waals surface area contributed by atoms with Gasteiger partial charge in [0, 0.05) is 23.8 Å². The molecule has 1 unspecified atom stereocenters. The van der Waals surface area contributed by atoms with Gasteiger partial charge < -0.3 is 15.4 Å². The van der Waals surface area contributed by atoms with Crippen LogP contribution in [0.5, 0.6) is 0 Å². The molecule has 0 radical (unpaired) electrons. The Morgan fingerprint density at radius 1 is 1.42 bits per heavy atom. The van der Waals surface area contributed by atoms with Crippen LogP contribution in [-0.4, -0.2) is 49.8 Å². The maximum absolute atomic E-state index is 5.26. The molecule has 0 saturated carbocycles. The highest BCUT2D eigenvalue weighted by molar-refractivity contribution is 14.0. The van der Waals surface area contributed by atoms with E-state index in [2.05, 4.69) is 41.2 Å². The fraction of sp³-hybridized carbons (Fsp3) is 0.923. The standard InChI is InChI=1S/C13H25N3OS.HI/c1-3-14-12(15-7-11-5-4-6-18-11)16-8-13(2)9-17-10-13;/h11H,3-10H2,1-2H3,(H2,14,15,16);1H. The Balaban J connectivity index is 0.00000180. The Hall–Kier alpha value is 0.310. The van der Waals surface area contributed by atoms with Gasteiger partial charge in [-0.1, -0.05) is 6.92 Å². The van der Waals surface area contributed by atoms with Gasteiger partial charge >= 0.3 is 0 Å². The fourth-order valence-corrected chi connectivity index (χ4v) is 3.37. The lowest BCUT2D eigenvalue weighted by Crippen LogP contribution is -2.45. The number of hydrogen-bond acceptors (Lipinski definition) is 3. The van der Waals surface area contributed by atoms with Crippen LogP contribution in [0.1, 0.15) is 26.7 Å². The van der Waals surface area contributed by atoms with E-state index >= 15 is 0 Å². The molecule has 2 saturated heterocycles. The minimum atomic E-state index is 0. The summed E-state index contributed by atoms with van der Waals surface area (Å²) in [7, 11) is 0. The van der Waals surface area contributed by atoms with E-state index in [0.29, 0.717) is 0 Å². The van der Waals surface area contributed by atoms with Crippen molar-refractivity contribution in [2.75, 3.05) is 38.6 Å². The van der Waals surface area contributed by atoms with Crippen LogP contribution in [0.25, 0.3) is 0 Å². The second-order valence-electron chi connectivity index (χ2n) is 5.51. The number of aliphatic imine (C=N–C) groups is 1.